The van der Waals surface area contributed by atoms with E-state index in [2.05, 4.69) is 22.1 Å². The minimum absolute atomic E-state index is 0.0870. The Morgan fingerprint density at radius 3 is 2.69 bits per heavy atom. The second-order valence-corrected chi connectivity index (χ2v) is 11.2. The van der Waals surface area contributed by atoms with E-state index in [0.29, 0.717) is 41.5 Å². The van der Waals surface area contributed by atoms with Crippen molar-refractivity contribution < 1.29 is 19.4 Å². The van der Waals surface area contributed by atoms with Crippen molar-refractivity contribution in [3.8, 4) is 0 Å². The number of ether oxygens (including phenoxy) is 2. The Hall–Kier alpha value is -2.47. The Kier molecular flexibility index (Phi) is 5.63. The van der Waals surface area contributed by atoms with E-state index in [1.54, 1.807) is 12.4 Å². The van der Waals surface area contributed by atoms with Crippen LogP contribution in [-0.2, 0) is 20.9 Å². The molecular weight excluding hydrogens is 468 g/mol. The number of nitrogens with one attached hydrogen (secondary N) is 1. The van der Waals surface area contributed by atoms with E-state index < -0.39 is 5.54 Å². The van der Waals surface area contributed by atoms with Gasteiger partial charge >= 0.3 is 0 Å². The van der Waals surface area contributed by atoms with Crippen molar-refractivity contribution >= 4 is 35.0 Å². The number of hydrogen-bond donors (Lipinski definition) is 2. The van der Waals surface area contributed by atoms with Gasteiger partial charge in [0, 0.05) is 31.2 Å². The number of piperidine rings is 1. The molecule has 6 rings (SSSR count). The van der Waals surface area contributed by atoms with Crippen LogP contribution < -0.4 is 15.1 Å². The van der Waals surface area contributed by atoms with Crippen molar-refractivity contribution in [1.82, 2.24) is 15.0 Å². The molecule has 10 nitrogen and oxygen atoms in total. The monoisotopic (exact) mass is 498 g/mol. The second kappa shape index (κ2) is 8.58. The van der Waals surface area contributed by atoms with Gasteiger partial charge in [-0.2, -0.15) is 0 Å². The van der Waals surface area contributed by atoms with Crippen molar-refractivity contribution in [1.29, 1.82) is 0 Å². The predicted octanol–water partition coefficient (Wildman–Crippen LogP) is 2.07. The topological polar surface area (TPSA) is 113 Å². The van der Waals surface area contributed by atoms with Crippen molar-refractivity contribution in [2.24, 2.45) is 5.41 Å². The molecule has 2 aromatic heterocycles. The Balaban J connectivity index is 1.21. The lowest BCUT2D eigenvalue weighted by Gasteiger charge is -2.49. The van der Waals surface area contributed by atoms with E-state index in [4.69, 9.17) is 19.4 Å². The third kappa shape index (κ3) is 3.76. The molecule has 1 amide bonds. The van der Waals surface area contributed by atoms with Gasteiger partial charge in [0.25, 0.3) is 5.91 Å². The number of amides is 1. The Bertz CT molecular complexity index is 1150. The summed E-state index contributed by atoms with van der Waals surface area (Å²) in [6.45, 7) is 5.27. The number of anilines is 3. The van der Waals surface area contributed by atoms with E-state index in [-0.39, 0.29) is 17.9 Å². The molecule has 186 valence electrons. The summed E-state index contributed by atoms with van der Waals surface area (Å²) in [4.78, 5) is 31.8. The van der Waals surface area contributed by atoms with Gasteiger partial charge < -0.3 is 29.7 Å². The maximum Gasteiger partial charge on any atom is 0.255 e. The summed E-state index contributed by atoms with van der Waals surface area (Å²) >= 11 is 1.40. The van der Waals surface area contributed by atoms with E-state index in [9.17, 15) is 9.90 Å². The number of hydrogen-bond acceptors (Lipinski definition) is 10. The Morgan fingerprint density at radius 2 is 2.03 bits per heavy atom. The number of carbonyl (C=O) groups excluding carboxylic acids is 1. The molecule has 2 N–H and O–H groups in total. The summed E-state index contributed by atoms with van der Waals surface area (Å²) in [6, 6.07) is 1.86. The molecule has 2 aromatic rings. The standard InChI is InChI=1S/C24H30N6O4S/c1-15-9-23(12-34-15)4-7-30(8-5-23)20-16(11-31)27-18(10-26-20)35-17-3-6-25-21-19(17)28-22(32)24(29(21)2)13-33-14-24/h3,6,10,15,31H,4-5,7-9,11-14H2,1-2H3,(H,28,32)/t15-/m0/s1. The number of aromatic nitrogens is 3. The molecule has 0 saturated carbocycles. The molecular formula is C24H30N6O4S. The molecule has 11 heteroatoms. The fraction of sp³-hybridized carbons (Fsp3) is 0.583. The maximum absolute atomic E-state index is 12.9. The molecule has 0 unspecified atom stereocenters. The molecule has 2 spiro atoms. The van der Waals surface area contributed by atoms with Gasteiger partial charge in [0.1, 0.15) is 10.7 Å². The van der Waals surface area contributed by atoms with Gasteiger partial charge in [0.05, 0.1) is 44.4 Å². The lowest BCUT2D eigenvalue weighted by atomic mass is 9.77. The number of rotatable bonds is 4. The van der Waals surface area contributed by atoms with E-state index in [1.807, 2.05) is 18.0 Å². The van der Waals surface area contributed by atoms with Crippen molar-refractivity contribution in [2.45, 2.75) is 54.4 Å². The first-order valence-electron chi connectivity index (χ1n) is 12.1. The van der Waals surface area contributed by atoms with Crippen LogP contribution in [0.15, 0.2) is 28.4 Å². The SMILES string of the molecule is C[C@H]1CC2(CCN(c3ncc(Sc4ccnc5c4NC(=O)C4(COC4)N5C)nc3CO)CC2)CO1. The molecule has 0 aliphatic carbocycles. The van der Waals surface area contributed by atoms with Crippen LogP contribution in [0.25, 0.3) is 0 Å². The number of aliphatic hydroxyl groups excluding tert-OH is 1. The highest BCUT2D eigenvalue weighted by Crippen LogP contribution is 2.45. The van der Waals surface area contributed by atoms with E-state index >= 15 is 0 Å². The first kappa shape index (κ1) is 23.0. The van der Waals surface area contributed by atoms with Gasteiger partial charge in [-0.25, -0.2) is 15.0 Å². The molecule has 4 aliphatic heterocycles. The summed E-state index contributed by atoms with van der Waals surface area (Å²) in [7, 11) is 1.88. The van der Waals surface area contributed by atoms with E-state index in [0.717, 1.165) is 49.7 Å². The summed E-state index contributed by atoms with van der Waals surface area (Å²) in [6.07, 6.45) is 7.04. The van der Waals surface area contributed by atoms with Gasteiger partial charge in [-0.3, -0.25) is 4.79 Å². The molecule has 0 aromatic carbocycles. The molecule has 35 heavy (non-hydrogen) atoms. The number of aliphatic hydroxyl groups is 1. The van der Waals surface area contributed by atoms with Gasteiger partial charge in [-0.05, 0) is 37.7 Å². The molecule has 3 fully saturated rings. The third-order valence-electron chi connectivity index (χ3n) is 7.88. The smallest absolute Gasteiger partial charge is 0.255 e. The minimum Gasteiger partial charge on any atom is -0.390 e. The zero-order chi connectivity index (χ0) is 24.2. The fourth-order valence-corrected chi connectivity index (χ4v) is 6.48. The normalized spacial score (nSPS) is 24.4. The molecule has 4 aliphatic rings. The van der Waals surface area contributed by atoms with Crippen LogP contribution in [0.4, 0.5) is 17.3 Å². The van der Waals surface area contributed by atoms with Crippen LogP contribution >= 0.6 is 11.8 Å². The van der Waals surface area contributed by atoms with Crippen LogP contribution in [0.2, 0.25) is 0 Å². The lowest BCUT2D eigenvalue weighted by molar-refractivity contribution is -0.138. The van der Waals surface area contributed by atoms with Crippen LogP contribution in [0.5, 0.6) is 0 Å². The van der Waals surface area contributed by atoms with Crippen LogP contribution in [-0.4, -0.2) is 77.6 Å². The van der Waals surface area contributed by atoms with Gasteiger partial charge in [0.15, 0.2) is 17.2 Å². The summed E-state index contributed by atoms with van der Waals surface area (Å²) < 4.78 is 11.2. The number of likely N-dealkylation sites (N-methyl/N-ethyl adjacent to an activating group) is 1. The maximum atomic E-state index is 12.9. The number of fused-ring (bicyclic) bond motifs is 1. The van der Waals surface area contributed by atoms with Gasteiger partial charge in [-0.15, -0.1) is 0 Å². The number of pyridine rings is 1. The average molecular weight is 499 g/mol. The zero-order valence-corrected chi connectivity index (χ0v) is 20.8. The lowest BCUT2D eigenvalue weighted by Crippen LogP contribution is -2.70. The van der Waals surface area contributed by atoms with Crippen molar-refractivity contribution in [3.63, 3.8) is 0 Å². The summed E-state index contributed by atoms with van der Waals surface area (Å²) in [5.41, 5.74) is 0.815. The molecule has 3 saturated heterocycles. The van der Waals surface area contributed by atoms with Crippen molar-refractivity contribution in [3.05, 3.63) is 24.2 Å². The zero-order valence-electron chi connectivity index (χ0n) is 20.0. The first-order chi connectivity index (χ1) is 16.9. The van der Waals surface area contributed by atoms with Crippen LogP contribution in [0.1, 0.15) is 31.9 Å². The third-order valence-corrected chi connectivity index (χ3v) is 8.84. The fourth-order valence-electron chi connectivity index (χ4n) is 5.62. The summed E-state index contributed by atoms with van der Waals surface area (Å²) in [5.74, 6) is 1.36. The quantitative estimate of drug-likeness (QED) is 0.649. The van der Waals surface area contributed by atoms with Gasteiger partial charge in [-0.1, -0.05) is 11.8 Å². The van der Waals surface area contributed by atoms with Gasteiger partial charge in [0.2, 0.25) is 0 Å². The Morgan fingerprint density at radius 1 is 1.23 bits per heavy atom. The minimum atomic E-state index is -0.690. The highest BCUT2D eigenvalue weighted by atomic mass is 32.2. The molecule has 0 radical (unpaired) electrons. The number of nitrogens with zero attached hydrogens (tertiary/aromatic N) is 5. The van der Waals surface area contributed by atoms with Crippen LogP contribution in [0, 0.1) is 5.41 Å². The molecule has 6 heterocycles. The molecule has 1 atom stereocenters. The first-order valence-corrected chi connectivity index (χ1v) is 12.9. The largest absolute Gasteiger partial charge is 0.390 e. The molecule has 0 bridgehead atoms. The number of carbonyl (C=O) groups is 1. The highest BCUT2D eigenvalue weighted by molar-refractivity contribution is 7.99. The Labute approximate surface area is 208 Å². The highest BCUT2D eigenvalue weighted by Gasteiger charge is 2.53. The van der Waals surface area contributed by atoms with Crippen molar-refractivity contribution in [2.75, 3.05) is 55.1 Å². The van der Waals surface area contributed by atoms with Crippen LogP contribution in [0.3, 0.4) is 0 Å². The average Bonchev–Trinajstić information content (AvgIpc) is 3.19. The van der Waals surface area contributed by atoms with E-state index in [1.165, 1.54) is 11.8 Å². The predicted molar refractivity (Wildman–Crippen MR) is 131 cm³/mol. The summed E-state index contributed by atoms with van der Waals surface area (Å²) in [5, 5.41) is 13.8. The second-order valence-electron chi connectivity index (χ2n) is 10.1.